The third-order valence-electron chi connectivity index (χ3n) is 5.62. The quantitative estimate of drug-likeness (QED) is 0.762. The SMILES string of the molecule is CC(C)(C)C(=O)C1C(c2ccc(F)cc2)C12C(=O)c1ccccc1C2=O. The standard InChI is InChI=1S/C22H19FO3/c1-21(2,3)20(26)17-16(12-8-10-13(23)11-9-12)22(17)18(24)14-6-4-5-7-15(14)19(22)25/h4-11,16-17H,1-3H3. The van der Waals surface area contributed by atoms with Gasteiger partial charge in [0.25, 0.3) is 0 Å². The highest BCUT2D eigenvalue weighted by Gasteiger charge is 2.79. The second-order valence-electron chi connectivity index (χ2n) is 8.19. The zero-order chi connectivity index (χ0) is 18.9. The van der Waals surface area contributed by atoms with E-state index in [9.17, 15) is 18.8 Å². The number of Topliss-reactive ketones (excluding diaryl/α,β-unsaturated/α-hetero) is 3. The molecule has 2 atom stereocenters. The number of hydrogen-bond acceptors (Lipinski definition) is 3. The van der Waals surface area contributed by atoms with Crippen molar-refractivity contribution in [3.63, 3.8) is 0 Å². The summed E-state index contributed by atoms with van der Waals surface area (Å²) in [6, 6.07) is 12.5. The van der Waals surface area contributed by atoms with E-state index in [0.29, 0.717) is 16.7 Å². The summed E-state index contributed by atoms with van der Waals surface area (Å²) in [7, 11) is 0. The molecular formula is C22H19FO3. The molecule has 3 nitrogen and oxygen atoms in total. The Labute approximate surface area is 151 Å². The topological polar surface area (TPSA) is 51.2 Å². The lowest BCUT2D eigenvalue weighted by atomic mass is 9.84. The van der Waals surface area contributed by atoms with Crippen LogP contribution in [0.3, 0.4) is 0 Å². The zero-order valence-corrected chi connectivity index (χ0v) is 14.9. The summed E-state index contributed by atoms with van der Waals surface area (Å²) in [4.78, 5) is 39.6. The Morgan fingerprint density at radius 2 is 1.42 bits per heavy atom. The lowest BCUT2D eigenvalue weighted by Crippen LogP contribution is -2.29. The molecule has 0 aliphatic heterocycles. The number of carbonyl (C=O) groups is 3. The van der Waals surface area contributed by atoms with Crippen LogP contribution in [0.25, 0.3) is 0 Å². The average molecular weight is 350 g/mol. The molecule has 1 spiro atoms. The number of hydrogen-bond donors (Lipinski definition) is 0. The fourth-order valence-corrected chi connectivity index (χ4v) is 4.33. The molecule has 4 rings (SSSR count). The number of halogens is 1. The van der Waals surface area contributed by atoms with Crippen molar-refractivity contribution in [3.8, 4) is 0 Å². The minimum absolute atomic E-state index is 0.110. The van der Waals surface area contributed by atoms with E-state index in [0.717, 1.165) is 0 Å². The molecule has 2 aromatic carbocycles. The molecule has 132 valence electrons. The first-order valence-corrected chi connectivity index (χ1v) is 8.69. The van der Waals surface area contributed by atoms with Gasteiger partial charge >= 0.3 is 0 Å². The van der Waals surface area contributed by atoms with Crippen molar-refractivity contribution < 1.29 is 18.8 Å². The van der Waals surface area contributed by atoms with Gasteiger partial charge in [-0.25, -0.2) is 4.39 Å². The maximum Gasteiger partial charge on any atom is 0.178 e. The van der Waals surface area contributed by atoms with Crippen molar-refractivity contribution in [2.24, 2.45) is 16.7 Å². The molecule has 2 aliphatic rings. The first-order valence-electron chi connectivity index (χ1n) is 8.69. The molecule has 0 saturated heterocycles. The number of fused-ring (bicyclic) bond motifs is 1. The van der Waals surface area contributed by atoms with Crippen LogP contribution in [0.5, 0.6) is 0 Å². The van der Waals surface area contributed by atoms with E-state index >= 15 is 0 Å². The maximum absolute atomic E-state index is 13.4. The van der Waals surface area contributed by atoms with Crippen molar-refractivity contribution >= 4 is 17.3 Å². The van der Waals surface area contributed by atoms with Crippen molar-refractivity contribution in [2.75, 3.05) is 0 Å². The highest BCUT2D eigenvalue weighted by molar-refractivity contribution is 6.34. The molecule has 1 fully saturated rings. The maximum atomic E-state index is 13.4. The van der Waals surface area contributed by atoms with Crippen LogP contribution in [0.1, 0.15) is 53.0 Å². The summed E-state index contributed by atoms with van der Waals surface area (Å²) in [6.45, 7) is 5.38. The van der Waals surface area contributed by atoms with Gasteiger partial charge in [-0.15, -0.1) is 0 Å². The summed E-state index contributed by atoms with van der Waals surface area (Å²) in [5.41, 5.74) is -0.626. The van der Waals surface area contributed by atoms with Gasteiger partial charge in [0.1, 0.15) is 17.0 Å². The predicted octanol–water partition coefficient (Wildman–Crippen LogP) is 4.22. The van der Waals surface area contributed by atoms with Gasteiger partial charge < -0.3 is 0 Å². The summed E-state index contributed by atoms with van der Waals surface area (Å²) >= 11 is 0. The molecule has 0 amide bonds. The molecule has 0 radical (unpaired) electrons. The monoisotopic (exact) mass is 350 g/mol. The van der Waals surface area contributed by atoms with Crippen molar-refractivity contribution in [3.05, 3.63) is 71.0 Å². The van der Waals surface area contributed by atoms with Crippen LogP contribution in [0, 0.1) is 22.6 Å². The molecule has 0 bridgehead atoms. The molecule has 26 heavy (non-hydrogen) atoms. The van der Waals surface area contributed by atoms with Crippen LogP contribution >= 0.6 is 0 Å². The van der Waals surface area contributed by atoms with Crippen molar-refractivity contribution in [2.45, 2.75) is 26.7 Å². The Hall–Kier alpha value is -2.62. The fourth-order valence-electron chi connectivity index (χ4n) is 4.33. The number of benzene rings is 2. The molecule has 2 aliphatic carbocycles. The molecule has 4 heteroatoms. The first-order chi connectivity index (χ1) is 12.2. The molecule has 2 aromatic rings. The Balaban J connectivity index is 1.88. The second kappa shape index (κ2) is 5.19. The van der Waals surface area contributed by atoms with Gasteiger partial charge in [0.05, 0.1) is 0 Å². The van der Waals surface area contributed by atoms with Gasteiger partial charge in [0.15, 0.2) is 11.6 Å². The van der Waals surface area contributed by atoms with Gasteiger partial charge in [-0.2, -0.15) is 0 Å². The summed E-state index contributed by atoms with van der Waals surface area (Å²) < 4.78 is 13.4. The zero-order valence-electron chi connectivity index (χ0n) is 14.9. The molecule has 2 unspecified atom stereocenters. The molecule has 0 N–H and O–H groups in total. The van der Waals surface area contributed by atoms with E-state index in [4.69, 9.17) is 0 Å². The lowest BCUT2D eigenvalue weighted by Gasteiger charge is -2.17. The van der Waals surface area contributed by atoms with Crippen LogP contribution < -0.4 is 0 Å². The normalized spacial score (nSPS) is 23.2. The Morgan fingerprint density at radius 1 is 0.923 bits per heavy atom. The summed E-state index contributed by atoms with van der Waals surface area (Å²) in [6.07, 6.45) is 0. The number of carbonyl (C=O) groups excluding carboxylic acids is 3. The van der Waals surface area contributed by atoms with Gasteiger partial charge in [0.2, 0.25) is 0 Å². The Kier molecular flexibility index (Phi) is 3.36. The number of rotatable bonds is 2. The summed E-state index contributed by atoms with van der Waals surface area (Å²) in [5, 5.41) is 0. The van der Waals surface area contributed by atoms with E-state index in [-0.39, 0.29) is 17.3 Å². The second-order valence-corrected chi connectivity index (χ2v) is 8.19. The van der Waals surface area contributed by atoms with Gasteiger partial charge in [0, 0.05) is 28.4 Å². The Bertz CT molecular complexity index is 915. The van der Waals surface area contributed by atoms with Gasteiger partial charge in [-0.3, -0.25) is 14.4 Å². The molecule has 1 saturated carbocycles. The van der Waals surface area contributed by atoms with Crippen LogP contribution in [0.2, 0.25) is 0 Å². The average Bonchev–Trinajstić information content (AvgIpc) is 3.24. The van der Waals surface area contributed by atoms with Crippen LogP contribution in [0.4, 0.5) is 4.39 Å². The van der Waals surface area contributed by atoms with E-state index in [2.05, 4.69) is 0 Å². The molecular weight excluding hydrogens is 331 g/mol. The predicted molar refractivity (Wildman–Crippen MR) is 94.6 cm³/mol. The van der Waals surface area contributed by atoms with E-state index in [1.54, 1.807) is 57.2 Å². The van der Waals surface area contributed by atoms with E-state index < -0.39 is 28.5 Å². The molecule has 0 heterocycles. The first kappa shape index (κ1) is 16.8. The highest BCUT2D eigenvalue weighted by Crippen LogP contribution is 2.71. The third kappa shape index (κ3) is 2.02. The number of ketones is 3. The summed E-state index contributed by atoms with van der Waals surface area (Å²) in [5.74, 6) is -2.32. The molecule has 0 aromatic heterocycles. The lowest BCUT2D eigenvalue weighted by molar-refractivity contribution is -0.128. The van der Waals surface area contributed by atoms with Crippen LogP contribution in [-0.4, -0.2) is 17.3 Å². The van der Waals surface area contributed by atoms with Crippen LogP contribution in [-0.2, 0) is 4.79 Å². The minimum atomic E-state index is -1.37. The van der Waals surface area contributed by atoms with Crippen molar-refractivity contribution in [1.29, 1.82) is 0 Å². The van der Waals surface area contributed by atoms with Crippen LogP contribution in [0.15, 0.2) is 48.5 Å². The van der Waals surface area contributed by atoms with Gasteiger partial charge in [-0.1, -0.05) is 57.2 Å². The van der Waals surface area contributed by atoms with Crippen molar-refractivity contribution in [1.82, 2.24) is 0 Å². The smallest absolute Gasteiger partial charge is 0.178 e. The Morgan fingerprint density at radius 3 is 1.88 bits per heavy atom. The van der Waals surface area contributed by atoms with Gasteiger partial charge in [-0.05, 0) is 17.7 Å². The largest absolute Gasteiger partial charge is 0.299 e. The highest BCUT2D eigenvalue weighted by atomic mass is 19.1. The van der Waals surface area contributed by atoms with E-state index in [1.807, 2.05) is 0 Å². The fraction of sp³-hybridized carbons (Fsp3) is 0.318. The third-order valence-corrected chi connectivity index (χ3v) is 5.62. The minimum Gasteiger partial charge on any atom is -0.299 e. The van der Waals surface area contributed by atoms with E-state index in [1.165, 1.54) is 12.1 Å².